The summed E-state index contributed by atoms with van der Waals surface area (Å²) < 4.78 is 0. The van der Waals surface area contributed by atoms with Crippen molar-refractivity contribution in [2.45, 2.75) is 405 Å². The fourth-order valence-electron chi connectivity index (χ4n) is 9.07. The summed E-state index contributed by atoms with van der Waals surface area (Å²) in [6, 6.07) is 135. The largest absolute Gasteiger partial charge is 0.226 e. The number of rotatable bonds is 3. The fraction of sp³-hybridized carbons (Fsp3) is 0.462. The third-order valence-electron chi connectivity index (χ3n) is 19.1. The van der Waals surface area contributed by atoms with E-state index in [0.29, 0.717) is 48.7 Å². The first-order valence-electron chi connectivity index (χ1n) is 55.7. The predicted molar refractivity (Wildman–Crippen MR) is 682 cm³/mol. The molecule has 0 fully saturated rings. The number of hydrogen-bond donors (Lipinski definition) is 0. The summed E-state index contributed by atoms with van der Waals surface area (Å²) in [5.74, 6) is 0. The van der Waals surface area contributed by atoms with Gasteiger partial charge in [0.1, 0.15) is 0 Å². The van der Waals surface area contributed by atoms with Gasteiger partial charge in [-0.15, -0.1) is 12.1 Å². The second kappa shape index (κ2) is 103. The summed E-state index contributed by atoms with van der Waals surface area (Å²) >= 11 is 0. The van der Waals surface area contributed by atoms with E-state index in [1.54, 1.807) is 0 Å². The number of hydrogen-bond acceptors (Lipinski definition) is 0. The average molecular weight is 2060 g/mol. The molecule has 1 radical (unpaired) electrons. The van der Waals surface area contributed by atoms with Crippen molar-refractivity contribution in [2.75, 3.05) is 0 Å². The van der Waals surface area contributed by atoms with E-state index in [2.05, 4.69) is 490 Å². The molecular formula is C145H232Y-2. The van der Waals surface area contributed by atoms with Gasteiger partial charge in [-0.2, -0.15) is 48.5 Å². The summed E-state index contributed by atoms with van der Waals surface area (Å²) in [5.41, 5.74) is 14.4. The van der Waals surface area contributed by atoms with Gasteiger partial charge >= 0.3 is 0 Å². The minimum Gasteiger partial charge on any atom is -0.226 e. The Balaban J connectivity index is -0.000000131. The van der Waals surface area contributed by atoms with Crippen molar-refractivity contribution in [2.24, 2.45) is 43.3 Å². The van der Waals surface area contributed by atoms with E-state index in [-0.39, 0.29) is 32.7 Å². The molecular weight excluding hydrogens is 1830 g/mol. The van der Waals surface area contributed by atoms with E-state index in [0.717, 1.165) is 17.5 Å². The molecule has 0 saturated heterocycles. The van der Waals surface area contributed by atoms with Crippen molar-refractivity contribution >= 4 is 32.3 Å². The van der Waals surface area contributed by atoms with Gasteiger partial charge < -0.3 is 0 Å². The zero-order valence-electron chi connectivity index (χ0n) is 106. The average Bonchev–Trinajstić information content (AvgIpc) is 0.795. The number of benzene rings is 14. The van der Waals surface area contributed by atoms with Crippen LogP contribution in [-0.4, -0.2) is 0 Å². The van der Waals surface area contributed by atoms with Crippen LogP contribution in [0, 0.1) is 69.3 Å². The van der Waals surface area contributed by atoms with E-state index in [1.165, 1.54) is 85.0 Å². The molecule has 0 aliphatic rings. The third-order valence-corrected chi connectivity index (χ3v) is 19.1. The van der Waals surface area contributed by atoms with Gasteiger partial charge in [-0.25, -0.2) is 11.1 Å². The first-order chi connectivity index (χ1) is 68.3. The maximum Gasteiger partial charge on any atom is 0 e. The zero-order chi connectivity index (χ0) is 115. The van der Waals surface area contributed by atoms with Crippen molar-refractivity contribution in [3.63, 3.8) is 0 Å². The monoisotopic (exact) mass is 2060 g/mol. The number of fused-ring (bicyclic) bond motifs is 4. The third kappa shape index (κ3) is 112. The quantitative estimate of drug-likeness (QED) is 0.122. The molecule has 0 nitrogen and oxygen atoms in total. The van der Waals surface area contributed by atoms with Crippen molar-refractivity contribution in [3.8, 4) is 22.3 Å². The van der Waals surface area contributed by atoms with E-state index in [4.69, 9.17) is 0 Å². The topological polar surface area (TPSA) is 0 Å². The molecule has 0 heterocycles. The number of aryl methyl sites for hydroxylation is 2. The van der Waals surface area contributed by atoms with Crippen molar-refractivity contribution < 1.29 is 32.7 Å². The smallest absolute Gasteiger partial charge is 0 e. The van der Waals surface area contributed by atoms with Gasteiger partial charge in [-0.05, 0) is 124 Å². The van der Waals surface area contributed by atoms with Crippen LogP contribution < -0.4 is 0 Å². The molecule has 14 aromatic carbocycles. The van der Waals surface area contributed by atoms with Crippen LogP contribution >= 0.6 is 0 Å². The Morgan fingerprint density at radius 2 is 0.370 bits per heavy atom. The molecule has 0 spiro atoms. The van der Waals surface area contributed by atoms with E-state index >= 15 is 0 Å². The molecule has 0 aromatic heterocycles. The summed E-state index contributed by atoms with van der Waals surface area (Å²) in [7, 11) is 0. The van der Waals surface area contributed by atoms with Crippen LogP contribution in [0.5, 0.6) is 0 Å². The first-order valence-corrected chi connectivity index (χ1v) is 55.7. The van der Waals surface area contributed by atoms with Crippen LogP contribution in [0.25, 0.3) is 54.6 Å². The summed E-state index contributed by atoms with van der Waals surface area (Å²) in [6.07, 6.45) is 4.97. The van der Waals surface area contributed by atoms with Gasteiger partial charge in [-0.3, -0.25) is 0 Å². The van der Waals surface area contributed by atoms with Gasteiger partial charge in [0.25, 0.3) is 0 Å². The van der Waals surface area contributed by atoms with Crippen LogP contribution in [0.1, 0.15) is 402 Å². The van der Waals surface area contributed by atoms with Gasteiger partial charge in [-0.1, -0.05) is 718 Å². The van der Waals surface area contributed by atoms with Crippen LogP contribution in [0.2, 0.25) is 0 Å². The molecule has 817 valence electrons. The van der Waals surface area contributed by atoms with Crippen LogP contribution in [-0.2, 0) is 44.5 Å². The zero-order valence-corrected chi connectivity index (χ0v) is 109. The van der Waals surface area contributed by atoms with E-state index in [9.17, 15) is 0 Å². The summed E-state index contributed by atoms with van der Waals surface area (Å²) in [5, 5.41) is 7.92. The predicted octanol–water partition coefficient (Wildman–Crippen LogP) is 49.8. The first kappa shape index (κ1) is 162. The Labute approximate surface area is 938 Å². The van der Waals surface area contributed by atoms with E-state index < -0.39 is 0 Å². The Morgan fingerprint density at radius 3 is 0.541 bits per heavy atom. The molecule has 0 atom stereocenters. The molecule has 0 unspecified atom stereocenters. The molecule has 146 heavy (non-hydrogen) atoms. The van der Waals surface area contributed by atoms with E-state index in [1.807, 2.05) is 272 Å². The Kier molecular flexibility index (Phi) is 115. The molecule has 0 N–H and O–H groups in total. The van der Waals surface area contributed by atoms with Crippen LogP contribution in [0.3, 0.4) is 0 Å². The minimum absolute atomic E-state index is 0. The van der Waals surface area contributed by atoms with Gasteiger partial charge in [0, 0.05) is 32.7 Å². The van der Waals surface area contributed by atoms with Crippen molar-refractivity contribution in [1.29, 1.82) is 0 Å². The second-order valence-electron chi connectivity index (χ2n) is 42.7. The maximum atomic E-state index is 3.15. The van der Waals surface area contributed by atoms with Crippen molar-refractivity contribution in [1.82, 2.24) is 0 Å². The van der Waals surface area contributed by atoms with Crippen LogP contribution in [0.4, 0.5) is 0 Å². The Bertz CT molecular complexity index is 4410. The fourth-order valence-corrected chi connectivity index (χ4v) is 9.07. The minimum atomic E-state index is 0. The molecule has 0 aliphatic carbocycles. The summed E-state index contributed by atoms with van der Waals surface area (Å²) in [6.45, 7) is 116. The molecule has 1 heteroatoms. The second-order valence-corrected chi connectivity index (χ2v) is 42.7. The van der Waals surface area contributed by atoms with Gasteiger partial charge in [0.2, 0.25) is 0 Å². The van der Waals surface area contributed by atoms with Crippen molar-refractivity contribution in [3.05, 3.63) is 411 Å². The molecule has 14 rings (SSSR count). The maximum absolute atomic E-state index is 3.15. The normalized spacial score (nSPS) is 9.63. The Hall–Kier alpha value is -9.04. The molecule has 14 aromatic rings. The molecule has 0 aliphatic heterocycles. The van der Waals surface area contributed by atoms with Gasteiger partial charge in [0.05, 0.1) is 0 Å². The SMILES string of the molecule is CC.CC.CC.CC.CC.CC.CC.CC.CC.CC.CC(C)(C)C.CC(C)(C)C.CC(C)(C)C(C)(C)C.CC(C)(C)Cc1ccccc1.CC(C)(C)c1ccccc1.CCC(C)(C)C.CCC(C)(C)C.CCC(C)(C)C.Cc1ccccc1.Cc1ccccc1.[Y].[c-]1ccccc1-c1[c-]cccc1.c1ccc(-c2ccccc2)cc1.c1ccc2c(c1)ccc1ccccc12.c1ccc2ccccc2c1.c1ccccc1. The molecule has 0 bridgehead atoms. The van der Waals surface area contributed by atoms with Crippen LogP contribution in [0.15, 0.2) is 376 Å². The molecule has 0 saturated carbocycles. The Morgan fingerprint density at radius 1 is 0.192 bits per heavy atom. The van der Waals surface area contributed by atoms with Gasteiger partial charge in [0.15, 0.2) is 0 Å². The summed E-state index contributed by atoms with van der Waals surface area (Å²) in [4.78, 5) is 0. The standard InChI is InChI=1S/C14H10.C12H10.C12H8.C11H16.C10H8.C10H14.C8H18.2C7H8.C6H6.3C6H14.2C5H12.10C2H6.Y/c1-3-7-13-11(5-1)9-10-12-6-2-4-8-14(12)13;2*1-3-7-11(8-4-1)12-9-5-2-6-10-12;1-11(2,3)9-10-7-5-4-6-8-10;1-2-6-10-8-4-3-7-9(10)5-1;1-10(2,3)9-7-5-4-6-8-9;1-7(2,3)8(4,5)6;2*1-7-5-3-2-4-6-7;1-2-4-6-5-3-1;3*1-5-6(2,3)4;2*1-5(2,3)4;10*1-2;/h1-10H;1-10H;1-7,9H;4-8H,9H2,1-3H3;1-8H;4-8H,1-3H3;1-6H3;2*2-6H,1H3;1-6H;3*5H2,1-4H3;2*1-4H3;10*1-2H3;/q;;-2;;;;;;;;;;;;;;;;;;;;;;;. The molecule has 0 amide bonds.